The fourth-order valence-corrected chi connectivity index (χ4v) is 2.36. The summed E-state index contributed by atoms with van der Waals surface area (Å²) in [6.07, 6.45) is -1.34. The van der Waals surface area contributed by atoms with E-state index in [1.165, 1.54) is 14.1 Å². The van der Waals surface area contributed by atoms with Gasteiger partial charge in [0.1, 0.15) is 0 Å². The van der Waals surface area contributed by atoms with E-state index in [0.717, 1.165) is 13.7 Å². The lowest BCUT2D eigenvalue weighted by molar-refractivity contribution is 0.197. The van der Waals surface area contributed by atoms with Crippen LogP contribution in [0.25, 0.3) is 22.6 Å². The topological polar surface area (TPSA) is 99.1 Å². The van der Waals surface area contributed by atoms with E-state index in [2.05, 4.69) is 4.98 Å². The van der Waals surface area contributed by atoms with Crippen molar-refractivity contribution in [1.82, 2.24) is 18.7 Å². The summed E-state index contributed by atoms with van der Waals surface area (Å²) in [5.74, 6) is 0.0985. The van der Waals surface area contributed by atoms with Gasteiger partial charge in [0.15, 0.2) is 17.0 Å². The van der Waals surface area contributed by atoms with Crippen molar-refractivity contribution in [1.29, 1.82) is 0 Å². The van der Waals surface area contributed by atoms with Crippen LogP contribution in [-0.2, 0) is 14.1 Å². The van der Waals surface area contributed by atoms with Gasteiger partial charge in [0.2, 0.25) is 0 Å². The van der Waals surface area contributed by atoms with Gasteiger partial charge in [-0.3, -0.25) is 13.9 Å². The molecule has 0 radical (unpaired) electrons. The molecule has 0 amide bonds. The van der Waals surface area contributed by atoms with Gasteiger partial charge in [-0.1, -0.05) is 30.3 Å². The molecule has 0 aliphatic rings. The summed E-state index contributed by atoms with van der Waals surface area (Å²) in [7, 11) is 2.74. The molecule has 0 fully saturated rings. The third-order valence-electron chi connectivity index (χ3n) is 3.48. The molecule has 0 unspecified atom stereocenters. The van der Waals surface area contributed by atoms with Crippen LogP contribution >= 0.6 is 0 Å². The number of carbonyl (C=O) groups is 1. The van der Waals surface area contributed by atoms with Gasteiger partial charge in [0, 0.05) is 19.7 Å². The molecule has 0 atom stereocenters. The molecule has 112 valence electrons. The van der Waals surface area contributed by atoms with Gasteiger partial charge in [-0.15, -0.1) is 0 Å². The van der Waals surface area contributed by atoms with E-state index in [4.69, 9.17) is 0 Å². The van der Waals surface area contributed by atoms with E-state index >= 15 is 0 Å². The second-order valence-corrected chi connectivity index (χ2v) is 4.80. The number of hydrogen-bond donors (Lipinski definition) is 1. The molecule has 2 heterocycles. The first kappa shape index (κ1) is 13.8. The van der Waals surface area contributed by atoms with E-state index in [9.17, 15) is 19.5 Å². The molecule has 2 aromatic heterocycles. The van der Waals surface area contributed by atoms with Crippen molar-refractivity contribution in [3.05, 3.63) is 51.2 Å². The van der Waals surface area contributed by atoms with E-state index in [0.29, 0.717) is 5.56 Å². The highest BCUT2D eigenvalue weighted by Crippen LogP contribution is 2.21. The average Bonchev–Trinajstić information content (AvgIpc) is 2.92. The average molecular weight is 300 g/mol. The van der Waals surface area contributed by atoms with Gasteiger partial charge in [0.25, 0.3) is 5.56 Å². The van der Waals surface area contributed by atoms with Crippen molar-refractivity contribution in [3.8, 4) is 11.4 Å². The molecule has 3 aromatic rings. The summed E-state index contributed by atoms with van der Waals surface area (Å²) in [6.45, 7) is 0. The Morgan fingerprint density at radius 3 is 2.32 bits per heavy atom. The van der Waals surface area contributed by atoms with Crippen LogP contribution in [0.15, 0.2) is 39.9 Å². The van der Waals surface area contributed by atoms with Gasteiger partial charge in [-0.2, -0.15) is 0 Å². The summed E-state index contributed by atoms with van der Waals surface area (Å²) in [6, 6.07) is 8.62. The van der Waals surface area contributed by atoms with E-state index in [1.807, 2.05) is 0 Å². The number of carboxylic acid groups (broad SMARTS) is 1. The van der Waals surface area contributed by atoms with Crippen LogP contribution in [0.2, 0.25) is 0 Å². The quantitative estimate of drug-likeness (QED) is 0.710. The van der Waals surface area contributed by atoms with E-state index in [1.54, 1.807) is 30.3 Å². The fourth-order valence-electron chi connectivity index (χ4n) is 2.36. The molecule has 22 heavy (non-hydrogen) atoms. The molecule has 0 aliphatic carbocycles. The largest absolute Gasteiger partial charge is 0.464 e. The van der Waals surface area contributed by atoms with Crippen molar-refractivity contribution in [2.45, 2.75) is 0 Å². The molecule has 0 spiro atoms. The number of hydrogen-bond acceptors (Lipinski definition) is 4. The zero-order valence-corrected chi connectivity index (χ0v) is 11.8. The standard InChI is InChI=1S/C14H12N4O4/c1-16-11-9(12(19)17(2)13(16)20)18(14(21)22)10(15-11)8-6-4-3-5-7-8/h3-7H,1-2H3,(H,21,22). The maximum absolute atomic E-state index is 12.3. The first-order valence-corrected chi connectivity index (χ1v) is 6.40. The van der Waals surface area contributed by atoms with Crippen molar-refractivity contribution in [3.63, 3.8) is 0 Å². The third kappa shape index (κ3) is 1.77. The molecule has 1 N–H and O–H groups in total. The number of imidazole rings is 1. The lowest BCUT2D eigenvalue weighted by Gasteiger charge is -2.04. The maximum atomic E-state index is 12.3. The predicted molar refractivity (Wildman–Crippen MR) is 79.1 cm³/mol. The fraction of sp³-hybridized carbons (Fsp3) is 0.143. The Kier molecular flexibility index (Phi) is 2.94. The molecule has 0 saturated heterocycles. The number of aromatic nitrogens is 4. The predicted octanol–water partition coefficient (Wildman–Crippen LogP) is 0.627. The smallest absolute Gasteiger partial charge is 0.418 e. The van der Waals surface area contributed by atoms with Gasteiger partial charge < -0.3 is 5.11 Å². The Labute approximate surface area is 123 Å². The van der Waals surface area contributed by atoms with Crippen LogP contribution < -0.4 is 11.2 Å². The third-order valence-corrected chi connectivity index (χ3v) is 3.48. The van der Waals surface area contributed by atoms with Crippen LogP contribution in [0.3, 0.4) is 0 Å². The molecule has 0 aliphatic heterocycles. The Morgan fingerprint density at radius 2 is 1.73 bits per heavy atom. The number of aryl methyl sites for hydroxylation is 1. The Bertz CT molecular complexity index is 1010. The number of nitrogens with zero attached hydrogens (tertiary/aromatic N) is 4. The van der Waals surface area contributed by atoms with Crippen LogP contribution in [0.5, 0.6) is 0 Å². The zero-order chi connectivity index (χ0) is 16.0. The highest BCUT2D eigenvalue weighted by molar-refractivity contribution is 5.89. The molecule has 8 heteroatoms. The first-order chi connectivity index (χ1) is 10.4. The second-order valence-electron chi connectivity index (χ2n) is 4.80. The van der Waals surface area contributed by atoms with Crippen molar-refractivity contribution in [2.24, 2.45) is 14.1 Å². The molecule has 3 rings (SSSR count). The minimum atomic E-state index is -1.34. The number of fused-ring (bicyclic) bond motifs is 1. The van der Waals surface area contributed by atoms with Crippen molar-refractivity contribution in [2.75, 3.05) is 0 Å². The summed E-state index contributed by atoms with van der Waals surface area (Å²) in [4.78, 5) is 40.1. The van der Waals surface area contributed by atoms with Gasteiger partial charge in [-0.25, -0.2) is 19.1 Å². The molecule has 1 aromatic carbocycles. The molecule has 8 nitrogen and oxygen atoms in total. The highest BCUT2D eigenvalue weighted by Gasteiger charge is 2.23. The molecule has 0 saturated carbocycles. The molecular formula is C14H12N4O4. The van der Waals surface area contributed by atoms with Gasteiger partial charge in [-0.05, 0) is 0 Å². The lowest BCUT2D eigenvalue weighted by atomic mass is 10.2. The molecular weight excluding hydrogens is 288 g/mol. The van der Waals surface area contributed by atoms with Crippen LogP contribution in [0.1, 0.15) is 0 Å². The van der Waals surface area contributed by atoms with Crippen LogP contribution in [-0.4, -0.2) is 29.9 Å². The minimum Gasteiger partial charge on any atom is -0.464 e. The normalized spacial score (nSPS) is 11.0. The lowest BCUT2D eigenvalue weighted by Crippen LogP contribution is -2.38. The summed E-state index contributed by atoms with van der Waals surface area (Å²) in [5.41, 5.74) is -0.830. The number of benzene rings is 1. The molecule has 0 bridgehead atoms. The second kappa shape index (κ2) is 4.69. The Balaban J connectivity index is 2.57. The Morgan fingerprint density at radius 1 is 1.09 bits per heavy atom. The Hall–Kier alpha value is -3.16. The maximum Gasteiger partial charge on any atom is 0.418 e. The zero-order valence-electron chi connectivity index (χ0n) is 11.8. The monoisotopic (exact) mass is 300 g/mol. The van der Waals surface area contributed by atoms with E-state index < -0.39 is 17.3 Å². The summed E-state index contributed by atoms with van der Waals surface area (Å²) >= 11 is 0. The SMILES string of the molecule is Cn1c(=O)c2c(nc(-c3ccccc3)n2C(=O)O)n(C)c1=O. The van der Waals surface area contributed by atoms with Crippen molar-refractivity contribution >= 4 is 17.3 Å². The highest BCUT2D eigenvalue weighted by atomic mass is 16.4. The van der Waals surface area contributed by atoms with Gasteiger partial charge >= 0.3 is 11.8 Å². The van der Waals surface area contributed by atoms with Crippen molar-refractivity contribution < 1.29 is 9.90 Å². The van der Waals surface area contributed by atoms with Crippen LogP contribution in [0, 0.1) is 0 Å². The number of rotatable bonds is 1. The van der Waals surface area contributed by atoms with E-state index in [-0.39, 0.29) is 17.0 Å². The minimum absolute atomic E-state index is 0.0364. The summed E-state index contributed by atoms with van der Waals surface area (Å²) in [5, 5.41) is 9.48. The first-order valence-electron chi connectivity index (χ1n) is 6.40. The van der Waals surface area contributed by atoms with Crippen LogP contribution in [0.4, 0.5) is 4.79 Å². The summed E-state index contributed by atoms with van der Waals surface area (Å²) < 4.78 is 2.83. The van der Waals surface area contributed by atoms with Gasteiger partial charge in [0.05, 0.1) is 0 Å².